The summed E-state index contributed by atoms with van der Waals surface area (Å²) >= 11 is 13.9. The largest absolute Gasteiger partial charge is 0.491 e. The fourth-order valence-corrected chi connectivity index (χ4v) is 5.96. The monoisotopic (exact) mass is 618 g/mol. The number of nitrogens with zero attached hydrogens (tertiary/aromatic N) is 2. The van der Waals surface area contributed by atoms with E-state index < -0.39 is 18.0 Å². The molecule has 0 spiro atoms. The van der Waals surface area contributed by atoms with Crippen LogP contribution in [0.25, 0.3) is 6.08 Å². The summed E-state index contributed by atoms with van der Waals surface area (Å²) < 4.78 is 23.2. The van der Waals surface area contributed by atoms with E-state index in [4.69, 9.17) is 37.4 Å². The van der Waals surface area contributed by atoms with Crippen molar-refractivity contribution in [2.24, 2.45) is 4.99 Å². The van der Waals surface area contributed by atoms with Crippen LogP contribution in [-0.4, -0.2) is 42.9 Å². The Morgan fingerprint density at radius 2 is 1.85 bits per heavy atom. The Bertz CT molecular complexity index is 1690. The maximum atomic E-state index is 13.9. The molecule has 3 aromatic rings. The Kier molecular flexibility index (Phi) is 9.57. The molecule has 2 heterocycles. The highest BCUT2D eigenvalue weighted by Gasteiger charge is 2.35. The van der Waals surface area contributed by atoms with Gasteiger partial charge in [0.05, 0.1) is 45.7 Å². The van der Waals surface area contributed by atoms with Crippen LogP contribution in [0.3, 0.4) is 0 Å². The average Bonchev–Trinajstić information content (AvgIpc) is 3.21. The Morgan fingerprint density at radius 3 is 2.49 bits per heavy atom. The van der Waals surface area contributed by atoms with E-state index in [1.165, 1.54) is 11.7 Å². The second-order valence-corrected chi connectivity index (χ2v) is 11.0. The van der Waals surface area contributed by atoms with Crippen molar-refractivity contribution in [3.05, 3.63) is 88.5 Å². The van der Waals surface area contributed by atoms with E-state index in [0.29, 0.717) is 31.9 Å². The van der Waals surface area contributed by atoms with Gasteiger partial charge in [0, 0.05) is 5.56 Å². The summed E-state index contributed by atoms with van der Waals surface area (Å²) in [6.45, 7) is 7.04. The highest BCUT2D eigenvalue weighted by atomic mass is 35.5. The number of ether oxygens (including phenoxy) is 4. The number of hydrogen-bond donors (Lipinski definition) is 0. The Morgan fingerprint density at radius 1 is 1.17 bits per heavy atom. The van der Waals surface area contributed by atoms with E-state index in [1.54, 1.807) is 38.1 Å². The van der Waals surface area contributed by atoms with Gasteiger partial charge in [-0.15, -0.1) is 0 Å². The molecule has 0 unspecified atom stereocenters. The number of esters is 2. The predicted octanol–water partition coefficient (Wildman–Crippen LogP) is 4.44. The standard InChI is InChI=1S/C29H28Cl2N2O7S/c1-6-38-28(36)24-16(4)32-29-33(25(24)18-9-7-8-10-21(18)40-15(2)3)27(35)22(41-29)13-17-11-19(30)26(20(31)12-17)39-14-23(34)37-5/h7-13,15,25H,6,14H2,1-5H3/b22-13+/t25-/m0/s1. The lowest BCUT2D eigenvalue weighted by atomic mass is 9.95. The summed E-state index contributed by atoms with van der Waals surface area (Å²) in [5, 5.41) is 0.303. The maximum Gasteiger partial charge on any atom is 0.343 e. The number of thiazole rings is 1. The van der Waals surface area contributed by atoms with Gasteiger partial charge in [-0.2, -0.15) is 0 Å². The van der Waals surface area contributed by atoms with Crippen molar-refractivity contribution in [3.63, 3.8) is 0 Å². The van der Waals surface area contributed by atoms with E-state index in [-0.39, 0.29) is 46.2 Å². The van der Waals surface area contributed by atoms with E-state index in [9.17, 15) is 14.4 Å². The van der Waals surface area contributed by atoms with Crippen molar-refractivity contribution >= 4 is 52.6 Å². The van der Waals surface area contributed by atoms with E-state index in [2.05, 4.69) is 9.73 Å². The van der Waals surface area contributed by atoms with Gasteiger partial charge in [0.15, 0.2) is 17.2 Å². The molecule has 0 radical (unpaired) electrons. The minimum Gasteiger partial charge on any atom is -0.491 e. The van der Waals surface area contributed by atoms with Crippen molar-refractivity contribution in [1.29, 1.82) is 0 Å². The first-order valence-corrected chi connectivity index (χ1v) is 14.3. The molecule has 0 amide bonds. The summed E-state index contributed by atoms with van der Waals surface area (Å²) in [6.07, 6.45) is 1.49. The third-order valence-electron chi connectivity index (χ3n) is 5.97. The Hall–Kier alpha value is -3.60. The smallest absolute Gasteiger partial charge is 0.343 e. The molecule has 2 aromatic carbocycles. The number of carbonyl (C=O) groups is 2. The number of rotatable bonds is 9. The maximum absolute atomic E-state index is 13.9. The Balaban J connectivity index is 1.88. The highest BCUT2D eigenvalue weighted by Crippen LogP contribution is 2.37. The number of para-hydroxylation sites is 1. The number of hydrogen-bond acceptors (Lipinski definition) is 9. The third kappa shape index (κ3) is 6.50. The Labute approximate surface area is 250 Å². The molecule has 4 rings (SSSR count). The van der Waals surface area contributed by atoms with Crippen LogP contribution in [0.15, 0.2) is 57.5 Å². The van der Waals surface area contributed by atoms with Crippen LogP contribution in [0.4, 0.5) is 0 Å². The summed E-state index contributed by atoms with van der Waals surface area (Å²) in [5.41, 5.74) is 1.48. The molecule has 9 nitrogen and oxygen atoms in total. The molecule has 1 aromatic heterocycles. The second-order valence-electron chi connectivity index (χ2n) is 9.19. The summed E-state index contributed by atoms with van der Waals surface area (Å²) in [4.78, 5) is 43.6. The SMILES string of the molecule is CCOC(=O)C1=C(C)N=c2s/c(=C/c3cc(Cl)c(OCC(=O)OC)c(Cl)c3)c(=O)n2[C@H]1c1ccccc1OC(C)C. The molecule has 41 heavy (non-hydrogen) atoms. The normalized spacial score (nSPS) is 14.9. The number of benzene rings is 2. The zero-order valence-electron chi connectivity index (χ0n) is 23.0. The van der Waals surface area contributed by atoms with Gasteiger partial charge in [0.2, 0.25) is 0 Å². The topological polar surface area (TPSA) is 105 Å². The number of carbonyl (C=O) groups excluding carboxylic acids is 2. The van der Waals surface area contributed by atoms with Gasteiger partial charge in [-0.3, -0.25) is 9.36 Å². The predicted molar refractivity (Wildman–Crippen MR) is 157 cm³/mol. The second kappa shape index (κ2) is 12.9. The number of fused-ring (bicyclic) bond motifs is 1. The molecule has 1 atom stereocenters. The third-order valence-corrected chi connectivity index (χ3v) is 7.52. The number of halogens is 2. The summed E-state index contributed by atoms with van der Waals surface area (Å²) in [5.74, 6) is -0.489. The van der Waals surface area contributed by atoms with Gasteiger partial charge in [-0.1, -0.05) is 52.7 Å². The molecule has 1 aliphatic rings. The fourth-order valence-electron chi connectivity index (χ4n) is 4.30. The molecule has 0 aliphatic carbocycles. The van der Waals surface area contributed by atoms with Gasteiger partial charge >= 0.3 is 11.9 Å². The van der Waals surface area contributed by atoms with E-state index in [1.807, 2.05) is 32.0 Å². The fraction of sp³-hybridized carbons (Fsp3) is 0.310. The van der Waals surface area contributed by atoms with Crippen LogP contribution in [0, 0.1) is 0 Å². The molecule has 0 fully saturated rings. The zero-order chi connectivity index (χ0) is 29.8. The first-order valence-electron chi connectivity index (χ1n) is 12.7. The van der Waals surface area contributed by atoms with Crippen molar-refractivity contribution in [2.45, 2.75) is 39.8 Å². The van der Waals surface area contributed by atoms with Crippen LogP contribution in [0.2, 0.25) is 10.0 Å². The number of aromatic nitrogens is 1. The van der Waals surface area contributed by atoms with E-state index in [0.717, 1.165) is 11.3 Å². The van der Waals surface area contributed by atoms with Gasteiger partial charge in [0.25, 0.3) is 5.56 Å². The quantitative estimate of drug-likeness (QED) is 0.326. The summed E-state index contributed by atoms with van der Waals surface area (Å²) in [7, 11) is 1.24. The molecule has 216 valence electrons. The lowest BCUT2D eigenvalue weighted by molar-refractivity contribution is -0.143. The molecular weight excluding hydrogens is 591 g/mol. The highest BCUT2D eigenvalue weighted by molar-refractivity contribution is 7.07. The van der Waals surface area contributed by atoms with Crippen LogP contribution >= 0.6 is 34.5 Å². The minimum absolute atomic E-state index is 0.119. The van der Waals surface area contributed by atoms with Crippen LogP contribution in [0.5, 0.6) is 11.5 Å². The van der Waals surface area contributed by atoms with Crippen LogP contribution < -0.4 is 24.4 Å². The average molecular weight is 620 g/mol. The molecule has 0 bridgehead atoms. The molecule has 0 N–H and O–H groups in total. The first kappa shape index (κ1) is 30.4. The van der Waals surface area contributed by atoms with Gasteiger partial charge < -0.3 is 18.9 Å². The lowest BCUT2D eigenvalue weighted by Crippen LogP contribution is -2.40. The zero-order valence-corrected chi connectivity index (χ0v) is 25.4. The van der Waals surface area contributed by atoms with Crippen LogP contribution in [0.1, 0.15) is 44.9 Å². The van der Waals surface area contributed by atoms with Gasteiger partial charge in [-0.25, -0.2) is 14.6 Å². The van der Waals surface area contributed by atoms with Gasteiger partial charge in [-0.05, 0) is 57.5 Å². The number of allylic oxidation sites excluding steroid dienone is 1. The van der Waals surface area contributed by atoms with E-state index >= 15 is 0 Å². The molecule has 0 saturated carbocycles. The van der Waals surface area contributed by atoms with Gasteiger partial charge in [0.1, 0.15) is 11.8 Å². The lowest BCUT2D eigenvalue weighted by Gasteiger charge is -2.26. The van der Waals surface area contributed by atoms with Crippen LogP contribution in [-0.2, 0) is 19.1 Å². The van der Waals surface area contributed by atoms with Crippen molar-refractivity contribution < 1.29 is 28.5 Å². The minimum atomic E-state index is -0.830. The number of methoxy groups -OCH3 is 1. The van der Waals surface area contributed by atoms with Crippen molar-refractivity contribution in [2.75, 3.05) is 20.3 Å². The molecule has 0 saturated heterocycles. The molecule has 1 aliphatic heterocycles. The van der Waals surface area contributed by atoms with Crippen molar-refractivity contribution in [3.8, 4) is 11.5 Å². The van der Waals surface area contributed by atoms with Crippen molar-refractivity contribution in [1.82, 2.24) is 4.57 Å². The first-order chi connectivity index (χ1) is 19.5. The molecule has 12 heteroatoms. The molecular formula is C29H28Cl2N2O7S. The summed E-state index contributed by atoms with van der Waals surface area (Å²) in [6, 6.07) is 9.58.